The summed E-state index contributed by atoms with van der Waals surface area (Å²) in [5.74, 6) is -0.974. The van der Waals surface area contributed by atoms with Gasteiger partial charge in [0.2, 0.25) is 0 Å². The van der Waals surface area contributed by atoms with Gasteiger partial charge >= 0.3 is 5.97 Å². The fourth-order valence-electron chi connectivity index (χ4n) is 2.71. The fourth-order valence-corrected chi connectivity index (χ4v) is 4.11. The van der Waals surface area contributed by atoms with Crippen molar-refractivity contribution in [2.75, 3.05) is 0 Å². The highest BCUT2D eigenvalue weighted by molar-refractivity contribution is 7.99. The molecule has 0 amide bonds. The number of Topliss-reactive ketones (excluding diaryl/α,β-unsaturated/α-hetero) is 1. The van der Waals surface area contributed by atoms with Crippen molar-refractivity contribution in [1.82, 2.24) is 0 Å². The molecule has 0 bridgehead atoms. The number of carboxylic acid groups (broad SMARTS) is 1. The predicted molar refractivity (Wildman–Crippen MR) is 109 cm³/mol. The van der Waals surface area contributed by atoms with E-state index in [2.05, 4.69) is 0 Å². The van der Waals surface area contributed by atoms with Crippen molar-refractivity contribution in [1.29, 1.82) is 0 Å². The Labute approximate surface area is 167 Å². The van der Waals surface area contributed by atoms with Crippen LogP contribution in [0.25, 0.3) is 0 Å². The van der Waals surface area contributed by atoms with Gasteiger partial charge in [-0.25, -0.2) is 4.79 Å². The van der Waals surface area contributed by atoms with E-state index in [0.29, 0.717) is 15.5 Å². The van der Waals surface area contributed by atoms with Gasteiger partial charge in [0.25, 0.3) is 0 Å². The minimum absolute atomic E-state index is 0.0101. The van der Waals surface area contributed by atoms with Crippen molar-refractivity contribution in [3.63, 3.8) is 0 Å². The number of aromatic carboxylic acids is 1. The second kappa shape index (κ2) is 8.89. The zero-order valence-corrected chi connectivity index (χ0v) is 15.9. The second-order valence-corrected chi connectivity index (χ2v) is 7.63. The van der Waals surface area contributed by atoms with Crippen LogP contribution in [-0.2, 0) is 0 Å². The maximum atomic E-state index is 12.7. The van der Waals surface area contributed by atoms with Crippen LogP contribution in [0.4, 0.5) is 0 Å². The van der Waals surface area contributed by atoms with E-state index < -0.39 is 5.97 Å². The van der Waals surface area contributed by atoms with E-state index in [1.165, 1.54) is 11.8 Å². The summed E-state index contributed by atoms with van der Waals surface area (Å²) < 4.78 is 0. The summed E-state index contributed by atoms with van der Waals surface area (Å²) in [7, 11) is 0. The summed E-state index contributed by atoms with van der Waals surface area (Å²) in [6.07, 6.45) is 0.254. The molecule has 0 aromatic heterocycles. The van der Waals surface area contributed by atoms with Gasteiger partial charge in [0.05, 0.1) is 5.56 Å². The number of carboxylic acids is 1. The summed E-state index contributed by atoms with van der Waals surface area (Å²) in [6.45, 7) is 0. The SMILES string of the molecule is O=C(CC(Sc1ccccc1C(=O)O)c1ccc(Cl)cc1)c1ccccc1. The van der Waals surface area contributed by atoms with Crippen LogP contribution in [0, 0.1) is 0 Å². The molecule has 1 N–H and O–H groups in total. The predicted octanol–water partition coefficient (Wildman–Crippen LogP) is 6.14. The summed E-state index contributed by atoms with van der Waals surface area (Å²) in [4.78, 5) is 24.9. The topological polar surface area (TPSA) is 54.4 Å². The monoisotopic (exact) mass is 396 g/mol. The lowest BCUT2D eigenvalue weighted by molar-refractivity contribution is 0.0693. The van der Waals surface area contributed by atoms with Crippen LogP contribution in [-0.4, -0.2) is 16.9 Å². The number of halogens is 1. The first kappa shape index (κ1) is 19.2. The molecule has 1 unspecified atom stereocenters. The van der Waals surface area contributed by atoms with Gasteiger partial charge in [-0.3, -0.25) is 4.79 Å². The van der Waals surface area contributed by atoms with Crippen LogP contribution in [0.5, 0.6) is 0 Å². The van der Waals surface area contributed by atoms with Crippen molar-refractivity contribution in [3.05, 3.63) is 101 Å². The highest BCUT2D eigenvalue weighted by atomic mass is 35.5. The molecule has 136 valence electrons. The Kier molecular flexibility index (Phi) is 6.32. The van der Waals surface area contributed by atoms with Crippen LogP contribution >= 0.6 is 23.4 Å². The molecular weight excluding hydrogens is 380 g/mol. The lowest BCUT2D eigenvalue weighted by atomic mass is 10.0. The van der Waals surface area contributed by atoms with E-state index >= 15 is 0 Å². The Morgan fingerprint density at radius 1 is 0.889 bits per heavy atom. The number of carbonyl (C=O) groups excluding carboxylic acids is 1. The van der Waals surface area contributed by atoms with Gasteiger partial charge < -0.3 is 5.11 Å². The number of hydrogen-bond acceptors (Lipinski definition) is 3. The van der Waals surface area contributed by atoms with Crippen molar-refractivity contribution in [3.8, 4) is 0 Å². The zero-order valence-electron chi connectivity index (χ0n) is 14.3. The first-order chi connectivity index (χ1) is 13.0. The van der Waals surface area contributed by atoms with Gasteiger partial charge in [-0.2, -0.15) is 0 Å². The van der Waals surface area contributed by atoms with E-state index in [1.807, 2.05) is 30.3 Å². The van der Waals surface area contributed by atoms with E-state index in [-0.39, 0.29) is 23.0 Å². The molecule has 0 aliphatic carbocycles. The van der Waals surface area contributed by atoms with Gasteiger partial charge in [-0.1, -0.05) is 66.2 Å². The molecule has 3 rings (SSSR count). The molecule has 0 radical (unpaired) electrons. The van der Waals surface area contributed by atoms with Crippen molar-refractivity contribution in [2.45, 2.75) is 16.6 Å². The second-order valence-electron chi connectivity index (χ2n) is 5.95. The number of thioether (sulfide) groups is 1. The van der Waals surface area contributed by atoms with Gasteiger partial charge in [-0.05, 0) is 29.8 Å². The van der Waals surface area contributed by atoms with E-state index in [9.17, 15) is 14.7 Å². The third kappa shape index (κ3) is 5.00. The summed E-state index contributed by atoms with van der Waals surface area (Å²) in [6, 6.07) is 23.2. The van der Waals surface area contributed by atoms with E-state index in [4.69, 9.17) is 11.6 Å². The molecule has 0 saturated heterocycles. The van der Waals surface area contributed by atoms with Crippen LogP contribution in [0.1, 0.15) is 38.0 Å². The van der Waals surface area contributed by atoms with E-state index in [1.54, 1.807) is 48.5 Å². The molecule has 0 fully saturated rings. The van der Waals surface area contributed by atoms with Crippen LogP contribution < -0.4 is 0 Å². The summed E-state index contributed by atoms with van der Waals surface area (Å²) in [5.41, 5.74) is 1.80. The third-order valence-electron chi connectivity index (χ3n) is 4.10. The molecular formula is C22H17ClO3S. The average molecular weight is 397 g/mol. The summed E-state index contributed by atoms with van der Waals surface area (Å²) >= 11 is 7.37. The Morgan fingerprint density at radius 2 is 1.52 bits per heavy atom. The Hall–Kier alpha value is -2.56. The van der Waals surface area contributed by atoms with Gasteiger partial charge in [0.15, 0.2) is 5.78 Å². The zero-order chi connectivity index (χ0) is 19.2. The molecule has 0 aliphatic rings. The lowest BCUT2D eigenvalue weighted by Gasteiger charge is -2.18. The Morgan fingerprint density at radius 3 is 2.19 bits per heavy atom. The van der Waals surface area contributed by atoms with Crippen molar-refractivity contribution < 1.29 is 14.7 Å². The maximum absolute atomic E-state index is 12.7. The van der Waals surface area contributed by atoms with Crippen molar-refractivity contribution >= 4 is 35.1 Å². The van der Waals surface area contributed by atoms with Gasteiger partial charge in [-0.15, -0.1) is 11.8 Å². The molecule has 5 heteroatoms. The molecule has 3 aromatic rings. The summed E-state index contributed by atoms with van der Waals surface area (Å²) in [5, 5.41) is 9.83. The highest BCUT2D eigenvalue weighted by Gasteiger charge is 2.21. The molecule has 1 atom stereocenters. The molecule has 3 nitrogen and oxygen atoms in total. The number of hydrogen-bond donors (Lipinski definition) is 1. The lowest BCUT2D eigenvalue weighted by Crippen LogP contribution is -2.06. The molecule has 0 heterocycles. The number of benzene rings is 3. The quantitative estimate of drug-likeness (QED) is 0.384. The smallest absolute Gasteiger partial charge is 0.336 e. The number of rotatable bonds is 7. The number of carbonyl (C=O) groups is 2. The third-order valence-corrected chi connectivity index (χ3v) is 5.68. The molecule has 0 spiro atoms. The molecule has 0 aliphatic heterocycles. The van der Waals surface area contributed by atoms with Gasteiger partial charge in [0.1, 0.15) is 0 Å². The minimum Gasteiger partial charge on any atom is -0.478 e. The molecule has 27 heavy (non-hydrogen) atoms. The number of ketones is 1. The average Bonchev–Trinajstić information content (AvgIpc) is 2.69. The standard InChI is InChI=1S/C22H17ClO3S/c23-17-12-10-16(11-13-17)21(14-19(24)15-6-2-1-3-7-15)27-20-9-5-4-8-18(20)22(25)26/h1-13,21H,14H2,(H,25,26). The normalized spacial score (nSPS) is 11.7. The molecule has 0 saturated carbocycles. The maximum Gasteiger partial charge on any atom is 0.336 e. The minimum atomic E-state index is -0.984. The first-order valence-corrected chi connectivity index (χ1v) is 9.63. The Balaban J connectivity index is 1.92. The van der Waals surface area contributed by atoms with Crippen LogP contribution in [0.3, 0.4) is 0 Å². The first-order valence-electron chi connectivity index (χ1n) is 8.37. The highest BCUT2D eigenvalue weighted by Crippen LogP contribution is 2.40. The van der Waals surface area contributed by atoms with Crippen LogP contribution in [0.15, 0.2) is 83.8 Å². The molecule has 3 aromatic carbocycles. The van der Waals surface area contributed by atoms with Crippen molar-refractivity contribution in [2.24, 2.45) is 0 Å². The fraction of sp³-hybridized carbons (Fsp3) is 0.0909. The van der Waals surface area contributed by atoms with Crippen LogP contribution in [0.2, 0.25) is 5.02 Å². The van der Waals surface area contributed by atoms with Gasteiger partial charge in [0, 0.05) is 27.2 Å². The van der Waals surface area contributed by atoms with E-state index in [0.717, 1.165) is 5.56 Å². The largest absolute Gasteiger partial charge is 0.478 e. The Bertz CT molecular complexity index is 939.